The molecule has 4 aromatic rings. The molecule has 202 valence electrons. The minimum absolute atomic E-state index is 0.0652. The van der Waals surface area contributed by atoms with Crippen LogP contribution in [-0.2, 0) is 6.42 Å². The molecule has 0 N–H and O–H groups in total. The van der Waals surface area contributed by atoms with Crippen molar-refractivity contribution in [3.63, 3.8) is 0 Å². The largest absolute Gasteiger partial charge is 0.494 e. The summed E-state index contributed by atoms with van der Waals surface area (Å²) in [6.45, 7) is 3.10. The normalized spacial score (nSPS) is 14.5. The molecule has 7 nitrogen and oxygen atoms in total. The highest BCUT2D eigenvalue weighted by Gasteiger charge is 2.42. The van der Waals surface area contributed by atoms with E-state index < -0.39 is 6.04 Å². The maximum Gasteiger partial charge on any atom is 0.290 e. The number of fused-ring (bicyclic) bond motifs is 2. The Morgan fingerprint density at radius 2 is 1.72 bits per heavy atom. The Morgan fingerprint density at radius 1 is 0.949 bits per heavy atom. The second-order valence-electron chi connectivity index (χ2n) is 9.43. The molecule has 1 atom stereocenters. The summed E-state index contributed by atoms with van der Waals surface area (Å²) in [5.74, 6) is 1.72. The fourth-order valence-electron chi connectivity index (χ4n) is 4.94. The first-order valence-electron chi connectivity index (χ1n) is 13.0. The van der Waals surface area contributed by atoms with E-state index in [-0.39, 0.29) is 17.1 Å². The van der Waals surface area contributed by atoms with Gasteiger partial charge in [0.2, 0.25) is 5.76 Å². The topological polar surface area (TPSA) is 78.2 Å². The van der Waals surface area contributed by atoms with Gasteiger partial charge >= 0.3 is 0 Å². The monoisotopic (exact) mass is 547 g/mol. The van der Waals surface area contributed by atoms with Crippen molar-refractivity contribution in [2.75, 3.05) is 27.4 Å². The van der Waals surface area contributed by atoms with E-state index in [4.69, 9.17) is 30.2 Å². The third-order valence-corrected chi connectivity index (χ3v) is 7.21. The lowest BCUT2D eigenvalue weighted by molar-refractivity contribution is 0.0730. The average molecular weight is 548 g/mol. The number of carbonyl (C=O) groups excluding carboxylic acids is 1. The first kappa shape index (κ1) is 26.6. The van der Waals surface area contributed by atoms with E-state index in [0.717, 1.165) is 29.7 Å². The second-order valence-corrected chi connectivity index (χ2v) is 9.86. The van der Waals surface area contributed by atoms with Crippen LogP contribution in [0.5, 0.6) is 17.2 Å². The van der Waals surface area contributed by atoms with Gasteiger partial charge in [0, 0.05) is 11.6 Å². The predicted molar refractivity (Wildman–Crippen MR) is 150 cm³/mol. The van der Waals surface area contributed by atoms with Crippen LogP contribution in [0.4, 0.5) is 0 Å². The molecule has 0 aliphatic carbocycles. The summed E-state index contributed by atoms with van der Waals surface area (Å²) in [5.41, 5.74) is 2.15. The van der Waals surface area contributed by atoms with Crippen LogP contribution in [0.25, 0.3) is 11.0 Å². The van der Waals surface area contributed by atoms with E-state index in [1.54, 1.807) is 37.3 Å². The summed E-state index contributed by atoms with van der Waals surface area (Å²) in [7, 11) is 3.17. The van der Waals surface area contributed by atoms with E-state index in [0.29, 0.717) is 52.6 Å². The smallest absolute Gasteiger partial charge is 0.290 e. The highest BCUT2D eigenvalue weighted by Crippen LogP contribution is 2.39. The lowest BCUT2D eigenvalue weighted by atomic mass is 9.98. The molecule has 1 aromatic heterocycles. The molecule has 5 rings (SSSR count). The number of unbranched alkanes of at least 4 members (excludes halogenated alkanes) is 1. The van der Waals surface area contributed by atoms with Crippen LogP contribution in [-0.4, -0.2) is 38.2 Å². The Hall–Kier alpha value is -3.97. The molecule has 1 unspecified atom stereocenters. The summed E-state index contributed by atoms with van der Waals surface area (Å²) in [6.07, 6.45) is 2.54. The van der Waals surface area contributed by atoms with E-state index >= 15 is 0 Å². The van der Waals surface area contributed by atoms with Crippen molar-refractivity contribution < 1.29 is 23.4 Å². The number of rotatable bonds is 10. The molecule has 0 spiro atoms. The van der Waals surface area contributed by atoms with Crippen molar-refractivity contribution in [2.45, 2.75) is 32.2 Å². The van der Waals surface area contributed by atoms with Crippen molar-refractivity contribution in [2.24, 2.45) is 0 Å². The van der Waals surface area contributed by atoms with E-state index in [2.05, 4.69) is 6.92 Å². The van der Waals surface area contributed by atoms with Crippen LogP contribution in [0.2, 0.25) is 5.02 Å². The van der Waals surface area contributed by atoms with Gasteiger partial charge in [-0.25, -0.2) is 0 Å². The number of hydrogen-bond donors (Lipinski definition) is 0. The number of halogens is 1. The van der Waals surface area contributed by atoms with Gasteiger partial charge in [0.25, 0.3) is 5.91 Å². The number of amides is 1. The molecule has 0 fully saturated rings. The molecule has 2 heterocycles. The average Bonchev–Trinajstić information content (AvgIpc) is 3.24. The Balaban J connectivity index is 1.54. The van der Waals surface area contributed by atoms with Crippen molar-refractivity contribution in [3.8, 4) is 17.2 Å². The summed E-state index contributed by atoms with van der Waals surface area (Å²) in [6, 6.07) is 17.5. The Bertz CT molecular complexity index is 1560. The molecule has 1 amide bonds. The third kappa shape index (κ3) is 5.19. The molecule has 0 saturated carbocycles. The van der Waals surface area contributed by atoms with Gasteiger partial charge in [-0.2, -0.15) is 0 Å². The van der Waals surface area contributed by atoms with Gasteiger partial charge in [-0.3, -0.25) is 9.59 Å². The van der Waals surface area contributed by atoms with Crippen LogP contribution in [0, 0.1) is 0 Å². The second kappa shape index (κ2) is 11.4. The van der Waals surface area contributed by atoms with Crippen LogP contribution in [0.1, 0.15) is 53.1 Å². The van der Waals surface area contributed by atoms with Crippen LogP contribution in [0.3, 0.4) is 0 Å². The van der Waals surface area contributed by atoms with Crippen LogP contribution in [0.15, 0.2) is 69.9 Å². The maximum absolute atomic E-state index is 13.8. The molecule has 1 aliphatic rings. The molecule has 0 bridgehead atoms. The first-order chi connectivity index (χ1) is 18.9. The number of benzene rings is 3. The zero-order chi connectivity index (χ0) is 27.5. The zero-order valence-corrected chi connectivity index (χ0v) is 22.9. The number of carbonyl (C=O) groups is 1. The van der Waals surface area contributed by atoms with Crippen molar-refractivity contribution in [1.29, 1.82) is 0 Å². The van der Waals surface area contributed by atoms with Crippen molar-refractivity contribution in [1.82, 2.24) is 4.90 Å². The fraction of sp³-hybridized carbons (Fsp3) is 0.290. The summed E-state index contributed by atoms with van der Waals surface area (Å²) in [4.78, 5) is 29.2. The number of nitrogens with zero attached hydrogens (tertiary/aromatic N) is 1. The third-order valence-electron chi connectivity index (χ3n) is 6.98. The van der Waals surface area contributed by atoms with E-state index in [9.17, 15) is 9.59 Å². The summed E-state index contributed by atoms with van der Waals surface area (Å²) in [5, 5.41) is 0.773. The standard InChI is InChI=1S/C31H30ClNO6/c1-4-5-16-38-22-10-7-20(8-11-22)28-27-29(34)23-18-21(32)9-13-24(23)39-30(27)31(35)33(28)15-14-19-6-12-25(36-2)26(17-19)37-3/h6-13,17-18,28H,4-5,14-16H2,1-3H3. The van der Waals surface area contributed by atoms with Gasteiger partial charge in [-0.1, -0.05) is 43.1 Å². The van der Waals surface area contributed by atoms with Gasteiger partial charge in [0.1, 0.15) is 11.3 Å². The van der Waals surface area contributed by atoms with Gasteiger partial charge in [-0.05, 0) is 66.4 Å². The predicted octanol–water partition coefficient (Wildman–Crippen LogP) is 6.43. The van der Waals surface area contributed by atoms with E-state index in [1.807, 2.05) is 42.5 Å². The Labute approximate surface area is 231 Å². The minimum atomic E-state index is -0.614. The zero-order valence-electron chi connectivity index (χ0n) is 22.2. The van der Waals surface area contributed by atoms with Gasteiger partial charge in [0.05, 0.1) is 37.8 Å². The molecular weight excluding hydrogens is 518 g/mol. The number of methoxy groups -OCH3 is 2. The molecule has 0 radical (unpaired) electrons. The van der Waals surface area contributed by atoms with Crippen molar-refractivity contribution in [3.05, 3.63) is 98.4 Å². The van der Waals surface area contributed by atoms with Gasteiger partial charge in [-0.15, -0.1) is 0 Å². The minimum Gasteiger partial charge on any atom is -0.494 e. The fourth-order valence-corrected chi connectivity index (χ4v) is 5.11. The molecule has 8 heteroatoms. The molecular formula is C31H30ClNO6. The van der Waals surface area contributed by atoms with Gasteiger partial charge < -0.3 is 23.5 Å². The van der Waals surface area contributed by atoms with Crippen LogP contribution >= 0.6 is 11.6 Å². The van der Waals surface area contributed by atoms with E-state index in [1.165, 1.54) is 0 Å². The Kier molecular flexibility index (Phi) is 7.79. The maximum atomic E-state index is 13.8. The number of ether oxygens (including phenoxy) is 3. The number of hydrogen-bond acceptors (Lipinski definition) is 6. The Morgan fingerprint density at radius 3 is 2.44 bits per heavy atom. The SMILES string of the molecule is CCCCOc1ccc(C2c3c(oc4ccc(Cl)cc4c3=O)C(=O)N2CCc2ccc(OC)c(OC)c2)cc1. The quantitative estimate of drug-likeness (QED) is 0.213. The lowest BCUT2D eigenvalue weighted by Crippen LogP contribution is -2.31. The first-order valence-corrected chi connectivity index (χ1v) is 13.3. The highest BCUT2D eigenvalue weighted by atomic mass is 35.5. The van der Waals surface area contributed by atoms with Crippen molar-refractivity contribution >= 4 is 28.5 Å². The lowest BCUT2D eigenvalue weighted by Gasteiger charge is -2.25. The highest BCUT2D eigenvalue weighted by molar-refractivity contribution is 6.31. The summed E-state index contributed by atoms with van der Waals surface area (Å²) >= 11 is 6.19. The van der Waals surface area contributed by atoms with Gasteiger partial charge in [0.15, 0.2) is 16.9 Å². The molecule has 0 saturated heterocycles. The summed E-state index contributed by atoms with van der Waals surface area (Å²) < 4.78 is 22.6. The molecule has 1 aliphatic heterocycles. The molecule has 39 heavy (non-hydrogen) atoms. The molecule has 3 aromatic carbocycles. The van der Waals surface area contributed by atoms with Crippen LogP contribution < -0.4 is 19.6 Å².